The fourth-order valence-electron chi connectivity index (χ4n) is 4.69. The van der Waals surface area contributed by atoms with Crippen molar-refractivity contribution in [1.29, 1.82) is 0 Å². The molecule has 0 amide bonds. The summed E-state index contributed by atoms with van der Waals surface area (Å²) in [5.41, 5.74) is 3.83. The maximum atomic E-state index is 13.7. The van der Waals surface area contributed by atoms with E-state index in [-0.39, 0.29) is 16.9 Å². The number of anilines is 1. The monoisotopic (exact) mass is 550 g/mol. The fraction of sp³-hybridized carbons (Fsp3) is 0.267. The first-order chi connectivity index (χ1) is 18.8. The molecule has 1 aromatic heterocycles. The van der Waals surface area contributed by atoms with Crippen LogP contribution in [0.25, 0.3) is 16.9 Å². The zero-order valence-electron chi connectivity index (χ0n) is 21.5. The highest BCUT2D eigenvalue weighted by Gasteiger charge is 2.34. The van der Waals surface area contributed by atoms with Gasteiger partial charge in [-0.25, -0.2) is 4.68 Å². The van der Waals surface area contributed by atoms with E-state index in [9.17, 15) is 13.2 Å². The molecule has 0 spiro atoms. The number of thiocarbonyl (C=S) groups is 1. The summed E-state index contributed by atoms with van der Waals surface area (Å²) in [4.78, 5) is 1.88. The molecule has 0 saturated carbocycles. The van der Waals surface area contributed by atoms with Gasteiger partial charge in [0.1, 0.15) is 0 Å². The summed E-state index contributed by atoms with van der Waals surface area (Å²) in [5, 5.41) is 7.97. The Morgan fingerprint density at radius 3 is 2.46 bits per heavy atom. The molecule has 0 unspecified atom stereocenters. The van der Waals surface area contributed by atoms with Crippen molar-refractivity contribution in [2.45, 2.75) is 38.6 Å². The number of halogens is 3. The van der Waals surface area contributed by atoms with Crippen LogP contribution < -0.4 is 5.32 Å². The van der Waals surface area contributed by atoms with E-state index in [1.807, 2.05) is 77.3 Å². The van der Waals surface area contributed by atoms with Gasteiger partial charge in [0.05, 0.1) is 28.7 Å². The van der Waals surface area contributed by atoms with Crippen molar-refractivity contribution in [2.75, 3.05) is 18.5 Å². The molecule has 1 saturated heterocycles. The predicted molar refractivity (Wildman–Crippen MR) is 151 cm³/mol. The first-order valence-electron chi connectivity index (χ1n) is 12.8. The van der Waals surface area contributed by atoms with Gasteiger partial charge >= 0.3 is 6.18 Å². The van der Waals surface area contributed by atoms with Crippen molar-refractivity contribution in [3.63, 3.8) is 0 Å². The molecule has 0 radical (unpaired) electrons. The van der Waals surface area contributed by atoms with Crippen LogP contribution in [0.1, 0.15) is 29.5 Å². The van der Waals surface area contributed by atoms with Crippen LogP contribution in [0.4, 0.5) is 18.9 Å². The van der Waals surface area contributed by atoms with Gasteiger partial charge in [-0.05, 0) is 56.2 Å². The summed E-state index contributed by atoms with van der Waals surface area (Å²) in [6, 6.07) is 23.3. The van der Waals surface area contributed by atoms with E-state index >= 15 is 0 Å². The quantitative estimate of drug-likeness (QED) is 0.246. The first-order valence-corrected chi connectivity index (χ1v) is 13.2. The number of ether oxygens (including phenoxy) is 1. The average molecular weight is 551 g/mol. The molecule has 1 aliphatic rings. The minimum absolute atomic E-state index is 0.0606. The van der Waals surface area contributed by atoms with Gasteiger partial charge in [0.15, 0.2) is 5.11 Å². The highest BCUT2D eigenvalue weighted by molar-refractivity contribution is 7.80. The van der Waals surface area contributed by atoms with Gasteiger partial charge in [-0.1, -0.05) is 60.2 Å². The van der Waals surface area contributed by atoms with Crippen molar-refractivity contribution in [3.8, 4) is 16.9 Å². The lowest BCUT2D eigenvalue weighted by molar-refractivity contribution is -0.136. The second-order valence-corrected chi connectivity index (χ2v) is 10.0. The Hall–Kier alpha value is -3.69. The molecule has 4 aromatic rings. The number of rotatable bonds is 7. The third-order valence-electron chi connectivity index (χ3n) is 6.71. The number of hydrogen-bond donors (Lipinski definition) is 1. The number of hydrogen-bond acceptors (Lipinski definition) is 3. The second kappa shape index (κ2) is 11.6. The molecule has 1 atom stereocenters. The molecule has 1 fully saturated rings. The van der Waals surface area contributed by atoms with E-state index in [1.165, 1.54) is 12.1 Å². The summed E-state index contributed by atoms with van der Waals surface area (Å²) in [6.45, 7) is 3.48. The number of para-hydroxylation sites is 2. The summed E-state index contributed by atoms with van der Waals surface area (Å²) in [6.07, 6.45) is -0.801. The summed E-state index contributed by atoms with van der Waals surface area (Å²) in [7, 11) is 0. The van der Waals surface area contributed by atoms with Crippen molar-refractivity contribution in [1.82, 2.24) is 14.7 Å². The molecule has 1 N–H and O–H groups in total. The highest BCUT2D eigenvalue weighted by atomic mass is 32.1. The van der Waals surface area contributed by atoms with Gasteiger partial charge in [-0.3, -0.25) is 0 Å². The molecule has 39 heavy (non-hydrogen) atoms. The Labute approximate surface area is 231 Å². The predicted octanol–water partition coefficient (Wildman–Crippen LogP) is 7.24. The van der Waals surface area contributed by atoms with E-state index in [0.717, 1.165) is 47.0 Å². The SMILES string of the molecule is Cc1ccc(-c2nn(-c3ccccc3)cc2CN(C[C@@H]2CCCO2)C(=S)Nc2ccccc2C(F)(F)F)cc1. The van der Waals surface area contributed by atoms with E-state index in [0.29, 0.717) is 19.7 Å². The van der Waals surface area contributed by atoms with Crippen LogP contribution in [0.15, 0.2) is 85.1 Å². The number of alkyl halides is 3. The Kier molecular flexibility index (Phi) is 7.99. The molecule has 202 valence electrons. The smallest absolute Gasteiger partial charge is 0.376 e. The molecule has 2 heterocycles. The summed E-state index contributed by atoms with van der Waals surface area (Å²) >= 11 is 5.72. The van der Waals surface area contributed by atoms with Crippen LogP contribution in [0, 0.1) is 6.92 Å². The normalized spacial score (nSPS) is 15.3. The summed E-state index contributed by atoms with van der Waals surface area (Å²) in [5.74, 6) is 0. The lowest BCUT2D eigenvalue weighted by Gasteiger charge is -2.29. The third-order valence-corrected chi connectivity index (χ3v) is 7.07. The maximum Gasteiger partial charge on any atom is 0.418 e. The largest absolute Gasteiger partial charge is 0.418 e. The third kappa shape index (κ3) is 6.49. The van der Waals surface area contributed by atoms with Crippen LogP contribution in [0.3, 0.4) is 0 Å². The first kappa shape index (κ1) is 26.9. The number of benzene rings is 3. The van der Waals surface area contributed by atoms with Crippen molar-refractivity contribution >= 4 is 23.0 Å². The van der Waals surface area contributed by atoms with Crippen molar-refractivity contribution in [3.05, 3.63) is 102 Å². The van der Waals surface area contributed by atoms with E-state index in [2.05, 4.69) is 5.32 Å². The number of nitrogens with one attached hydrogen (secondary N) is 1. The Bertz CT molecular complexity index is 1410. The Morgan fingerprint density at radius 2 is 1.77 bits per heavy atom. The zero-order valence-corrected chi connectivity index (χ0v) is 22.3. The number of aromatic nitrogens is 2. The molecule has 5 rings (SSSR count). The van der Waals surface area contributed by atoms with Gasteiger partial charge in [0, 0.05) is 37.0 Å². The molecule has 9 heteroatoms. The van der Waals surface area contributed by atoms with Crippen LogP contribution in [0.5, 0.6) is 0 Å². The molecule has 0 bridgehead atoms. The molecule has 0 aliphatic carbocycles. The number of nitrogens with zero attached hydrogens (tertiary/aromatic N) is 3. The molecule has 1 aliphatic heterocycles. The van der Waals surface area contributed by atoms with Gasteiger partial charge in [0.2, 0.25) is 0 Å². The van der Waals surface area contributed by atoms with Crippen LogP contribution in [0.2, 0.25) is 0 Å². The Balaban J connectivity index is 1.50. The van der Waals surface area contributed by atoms with Crippen LogP contribution >= 0.6 is 12.2 Å². The standard InChI is InChI=1S/C30H29F3N4OS/c1-21-13-15-22(16-14-21)28-23(19-37(35-28)24-8-3-2-4-9-24)18-36(20-25-10-7-17-38-25)29(39)34-27-12-6-5-11-26(27)30(31,32)33/h2-6,8-9,11-16,19,25H,7,10,17-18,20H2,1H3,(H,34,39)/t25-/m0/s1. The van der Waals surface area contributed by atoms with Gasteiger partial charge < -0.3 is 15.0 Å². The lowest BCUT2D eigenvalue weighted by atomic mass is 10.1. The van der Waals surface area contributed by atoms with Crippen molar-refractivity contribution in [2.24, 2.45) is 0 Å². The van der Waals surface area contributed by atoms with Crippen LogP contribution in [-0.4, -0.2) is 39.0 Å². The minimum Gasteiger partial charge on any atom is -0.376 e. The van der Waals surface area contributed by atoms with E-state index < -0.39 is 11.7 Å². The zero-order chi connectivity index (χ0) is 27.4. The molecule has 3 aromatic carbocycles. The topological polar surface area (TPSA) is 42.3 Å². The summed E-state index contributed by atoms with van der Waals surface area (Å²) < 4.78 is 48.7. The van der Waals surface area contributed by atoms with E-state index in [1.54, 1.807) is 6.07 Å². The Morgan fingerprint density at radius 1 is 1.05 bits per heavy atom. The second-order valence-electron chi connectivity index (χ2n) is 9.64. The van der Waals surface area contributed by atoms with Gasteiger partial charge in [-0.2, -0.15) is 18.3 Å². The average Bonchev–Trinajstić information content (AvgIpc) is 3.59. The van der Waals surface area contributed by atoms with Crippen molar-refractivity contribution < 1.29 is 17.9 Å². The lowest BCUT2D eigenvalue weighted by Crippen LogP contribution is -2.39. The van der Waals surface area contributed by atoms with Crippen LogP contribution in [-0.2, 0) is 17.5 Å². The molecular formula is C30H29F3N4OS. The molecule has 5 nitrogen and oxygen atoms in total. The maximum absolute atomic E-state index is 13.7. The van der Waals surface area contributed by atoms with Gasteiger partial charge in [-0.15, -0.1) is 0 Å². The van der Waals surface area contributed by atoms with Gasteiger partial charge in [0.25, 0.3) is 0 Å². The number of aryl methyl sites for hydroxylation is 1. The van der Waals surface area contributed by atoms with E-state index in [4.69, 9.17) is 22.1 Å². The highest BCUT2D eigenvalue weighted by Crippen LogP contribution is 2.35. The fourth-order valence-corrected chi connectivity index (χ4v) is 4.93. The minimum atomic E-state index is -4.51. The molecular weight excluding hydrogens is 521 g/mol.